The number of hydrogen-bond donors (Lipinski definition) is 3. The first-order valence-corrected chi connectivity index (χ1v) is 18.4. The van der Waals surface area contributed by atoms with Gasteiger partial charge in [0.05, 0.1) is 0 Å². The number of rotatable bonds is 13. The van der Waals surface area contributed by atoms with E-state index in [1.165, 1.54) is 32.1 Å². The van der Waals surface area contributed by atoms with Crippen LogP contribution in [0, 0.1) is 0 Å². The summed E-state index contributed by atoms with van der Waals surface area (Å²) in [5, 5.41) is 11.7. The van der Waals surface area contributed by atoms with Crippen LogP contribution in [0.2, 0.25) is 0 Å². The molecule has 1 unspecified atom stereocenters. The van der Waals surface area contributed by atoms with Gasteiger partial charge >= 0.3 is 5.97 Å². The second-order valence-corrected chi connectivity index (χ2v) is 19.2. The molecule has 3 N–H and O–H groups in total. The van der Waals surface area contributed by atoms with Gasteiger partial charge in [0.25, 0.3) is 0 Å². The minimum absolute atomic E-state index is 0.0150. The number of esters is 1. The van der Waals surface area contributed by atoms with Crippen molar-refractivity contribution in [1.29, 1.82) is 0 Å². The Hall–Kier alpha value is -0.730. The zero-order valence-corrected chi connectivity index (χ0v) is 32.2. The minimum Gasteiger partial charge on any atom is -0.462 e. The summed E-state index contributed by atoms with van der Waals surface area (Å²) in [6.45, 7) is 28.9. The first kappa shape index (κ1) is 38.7. The Kier molecular flexibility index (Phi) is 12.4. The molecule has 3 saturated heterocycles. The Balaban J connectivity index is 1.52. The number of unbranched alkanes of at least 4 members (excludes halogenated alkanes) is 2. The van der Waals surface area contributed by atoms with Crippen molar-refractivity contribution in [2.75, 3.05) is 20.6 Å². The van der Waals surface area contributed by atoms with E-state index in [-0.39, 0.29) is 45.3 Å². The number of carbonyl (C=O) groups is 1. The Bertz CT molecular complexity index is 919. The second kappa shape index (κ2) is 14.4. The van der Waals surface area contributed by atoms with Crippen LogP contribution in [0.3, 0.4) is 0 Å². The largest absolute Gasteiger partial charge is 0.462 e. The fourth-order valence-corrected chi connectivity index (χ4v) is 9.50. The van der Waals surface area contributed by atoms with Crippen LogP contribution in [0.25, 0.3) is 0 Å². The lowest BCUT2D eigenvalue weighted by atomic mass is 9.77. The lowest BCUT2D eigenvalue weighted by Crippen LogP contribution is -2.63. The summed E-state index contributed by atoms with van der Waals surface area (Å²) in [5.74, 6) is -0.0301. The maximum absolute atomic E-state index is 13.2. The Morgan fingerprint density at radius 1 is 0.689 bits per heavy atom. The minimum atomic E-state index is -0.0301. The quantitative estimate of drug-likeness (QED) is 0.149. The van der Waals surface area contributed by atoms with Crippen molar-refractivity contribution in [3.8, 4) is 0 Å². The summed E-state index contributed by atoms with van der Waals surface area (Å²) in [7, 11) is 4.55. The van der Waals surface area contributed by atoms with Crippen LogP contribution in [0.4, 0.5) is 0 Å². The zero-order chi connectivity index (χ0) is 34.1. The van der Waals surface area contributed by atoms with Gasteiger partial charge in [0.1, 0.15) is 6.10 Å². The summed E-state index contributed by atoms with van der Waals surface area (Å²) in [6, 6.07) is 1.37. The van der Waals surface area contributed by atoms with Crippen molar-refractivity contribution >= 4 is 5.97 Å². The number of hydrogen-bond acceptors (Lipinski definition) is 7. The number of piperidine rings is 3. The normalized spacial score (nSPS) is 27.7. The van der Waals surface area contributed by atoms with E-state index < -0.39 is 0 Å². The Morgan fingerprint density at radius 2 is 1.16 bits per heavy atom. The van der Waals surface area contributed by atoms with Gasteiger partial charge in [0, 0.05) is 70.6 Å². The van der Waals surface area contributed by atoms with Gasteiger partial charge in [-0.1, -0.05) is 12.8 Å². The predicted octanol–water partition coefficient (Wildman–Crippen LogP) is 7.03. The molecule has 0 spiro atoms. The van der Waals surface area contributed by atoms with Crippen molar-refractivity contribution in [1.82, 2.24) is 25.8 Å². The number of carbonyl (C=O) groups excluding carboxylic acids is 1. The van der Waals surface area contributed by atoms with Crippen molar-refractivity contribution in [3.63, 3.8) is 0 Å². The molecule has 0 aromatic heterocycles. The molecule has 3 fully saturated rings. The van der Waals surface area contributed by atoms with Crippen LogP contribution < -0.4 is 16.0 Å². The summed E-state index contributed by atoms with van der Waals surface area (Å²) < 4.78 is 6.11. The molecular formula is C38H75N5O2. The average Bonchev–Trinajstić information content (AvgIpc) is 2.83. The molecule has 7 nitrogen and oxygen atoms in total. The third-order valence-corrected chi connectivity index (χ3v) is 11.9. The van der Waals surface area contributed by atoms with Crippen LogP contribution in [0.1, 0.15) is 160 Å². The molecule has 3 aliphatic heterocycles. The third kappa shape index (κ3) is 11.2. The molecular weight excluding hydrogens is 558 g/mol. The number of ether oxygens (including phenoxy) is 1. The van der Waals surface area contributed by atoms with Crippen LogP contribution in [0.5, 0.6) is 0 Å². The van der Waals surface area contributed by atoms with E-state index in [4.69, 9.17) is 4.74 Å². The summed E-state index contributed by atoms with van der Waals surface area (Å²) in [5.41, 5.74) is 0.659. The van der Waals surface area contributed by atoms with E-state index >= 15 is 0 Å². The molecule has 264 valence electrons. The van der Waals surface area contributed by atoms with Gasteiger partial charge in [-0.05, 0) is 149 Å². The molecule has 3 heterocycles. The molecule has 0 radical (unpaired) electrons. The van der Waals surface area contributed by atoms with Gasteiger partial charge in [-0.2, -0.15) is 0 Å². The van der Waals surface area contributed by atoms with E-state index in [1.807, 2.05) is 0 Å². The Morgan fingerprint density at radius 3 is 1.64 bits per heavy atom. The molecule has 7 heteroatoms. The summed E-state index contributed by atoms with van der Waals surface area (Å²) in [4.78, 5) is 18.3. The van der Waals surface area contributed by atoms with Gasteiger partial charge < -0.3 is 20.7 Å². The van der Waals surface area contributed by atoms with Crippen LogP contribution in [0.15, 0.2) is 0 Å². The van der Waals surface area contributed by atoms with Crippen molar-refractivity contribution in [2.24, 2.45) is 0 Å². The van der Waals surface area contributed by atoms with Gasteiger partial charge in [0.2, 0.25) is 0 Å². The van der Waals surface area contributed by atoms with Gasteiger partial charge in [-0.25, -0.2) is 0 Å². The molecule has 3 aliphatic rings. The number of nitrogens with one attached hydrogen (secondary N) is 3. The lowest BCUT2D eigenvalue weighted by Gasteiger charge is -2.54. The fourth-order valence-electron chi connectivity index (χ4n) is 9.50. The highest BCUT2D eigenvalue weighted by Gasteiger charge is 2.44. The van der Waals surface area contributed by atoms with E-state index in [0.29, 0.717) is 24.5 Å². The highest BCUT2D eigenvalue weighted by atomic mass is 16.5. The molecule has 0 amide bonds. The molecule has 0 aromatic rings. The first-order valence-electron chi connectivity index (χ1n) is 18.4. The summed E-state index contributed by atoms with van der Waals surface area (Å²) in [6.07, 6.45) is 12.4. The molecule has 3 rings (SSSR count). The maximum atomic E-state index is 13.2. The average molecular weight is 634 g/mol. The van der Waals surface area contributed by atoms with Gasteiger partial charge in [-0.15, -0.1) is 0 Å². The molecule has 0 bridgehead atoms. The van der Waals surface area contributed by atoms with Gasteiger partial charge in [0.15, 0.2) is 0 Å². The third-order valence-electron chi connectivity index (χ3n) is 11.9. The van der Waals surface area contributed by atoms with E-state index in [9.17, 15) is 4.79 Å². The Labute approximate surface area is 279 Å². The van der Waals surface area contributed by atoms with Crippen molar-refractivity contribution < 1.29 is 9.53 Å². The van der Waals surface area contributed by atoms with Crippen LogP contribution >= 0.6 is 0 Å². The lowest BCUT2D eigenvalue weighted by molar-refractivity contribution is -0.153. The monoisotopic (exact) mass is 634 g/mol. The topological polar surface area (TPSA) is 68.9 Å². The molecule has 0 aromatic carbocycles. The second-order valence-electron chi connectivity index (χ2n) is 19.2. The smallest absolute Gasteiger partial charge is 0.306 e. The molecule has 0 saturated carbocycles. The molecule has 1 atom stereocenters. The number of likely N-dealkylation sites (tertiary alicyclic amines) is 2. The van der Waals surface area contributed by atoms with Crippen molar-refractivity contribution in [2.45, 2.75) is 218 Å². The first-order chi connectivity index (χ1) is 20.4. The maximum Gasteiger partial charge on any atom is 0.306 e. The highest BCUT2D eigenvalue weighted by molar-refractivity contribution is 5.69. The predicted molar refractivity (Wildman–Crippen MR) is 191 cm³/mol. The fraction of sp³-hybridized carbons (Fsp3) is 0.974. The van der Waals surface area contributed by atoms with Crippen molar-refractivity contribution in [3.05, 3.63) is 0 Å². The number of nitrogens with zero attached hydrogens (tertiary/aromatic N) is 2. The standard InChI is InChI=1S/C38H75N5O2/c1-33(2)26-31(27-34(3,4)41-33)45-32(44)20-19-28(40-30-24-37(9,10)43(14)38(11,12)25-30)18-16-15-17-21-39-29-22-35(5,6)42(13)36(7,8)23-29/h28-31,39-41H,15-27H2,1-14H3. The van der Waals surface area contributed by atoms with Crippen LogP contribution in [-0.4, -0.2) is 93.9 Å². The summed E-state index contributed by atoms with van der Waals surface area (Å²) >= 11 is 0. The molecule has 45 heavy (non-hydrogen) atoms. The van der Waals surface area contributed by atoms with Gasteiger partial charge in [-0.3, -0.25) is 14.6 Å². The molecule has 0 aliphatic carbocycles. The highest BCUT2D eigenvalue weighted by Crippen LogP contribution is 2.38. The SMILES string of the molecule is CN1C(C)(C)CC(NCCCCCC(CCC(=O)OC2CC(C)(C)NC(C)(C)C2)NC2CC(C)(C)N(C)C(C)(C)C2)CC1(C)C. The van der Waals surface area contributed by atoms with E-state index in [2.05, 4.69) is 123 Å². The van der Waals surface area contributed by atoms with E-state index in [1.54, 1.807) is 0 Å². The zero-order valence-electron chi connectivity index (χ0n) is 32.2. The van der Waals surface area contributed by atoms with E-state index in [0.717, 1.165) is 45.1 Å². The van der Waals surface area contributed by atoms with Crippen LogP contribution in [-0.2, 0) is 9.53 Å².